The highest BCUT2D eigenvalue weighted by atomic mass is 35.5. The molecule has 1 aliphatic rings. The lowest BCUT2D eigenvalue weighted by molar-refractivity contribution is 0.0152. The summed E-state index contributed by atoms with van der Waals surface area (Å²) in [7, 11) is 0. The Morgan fingerprint density at radius 1 is 1.12 bits per heavy atom. The van der Waals surface area contributed by atoms with Crippen molar-refractivity contribution in [2.75, 3.05) is 6.61 Å². The summed E-state index contributed by atoms with van der Waals surface area (Å²) in [6, 6.07) is 5.11. The van der Waals surface area contributed by atoms with E-state index in [-0.39, 0.29) is 6.61 Å². The summed E-state index contributed by atoms with van der Waals surface area (Å²) < 4.78 is 5.85. The number of halogens is 2. The Labute approximate surface area is 105 Å². The number of rotatable bonds is 3. The Kier molecular flexibility index (Phi) is 3.63. The van der Waals surface area contributed by atoms with E-state index in [1.165, 1.54) is 0 Å². The molecule has 0 saturated heterocycles. The molecule has 0 spiro atoms. The van der Waals surface area contributed by atoms with Gasteiger partial charge < -0.3 is 9.84 Å². The van der Waals surface area contributed by atoms with Crippen LogP contribution in [0.5, 0.6) is 5.75 Å². The van der Waals surface area contributed by atoms with Crippen LogP contribution in [0.3, 0.4) is 0 Å². The largest absolute Gasteiger partial charge is 0.485 e. The van der Waals surface area contributed by atoms with Crippen molar-refractivity contribution in [1.29, 1.82) is 0 Å². The number of aliphatic hydroxyl groups is 1. The molecule has 0 atom stereocenters. The average molecular weight is 261 g/mol. The molecule has 2 rings (SSSR count). The van der Waals surface area contributed by atoms with Crippen LogP contribution in [-0.4, -0.2) is 17.3 Å². The first kappa shape index (κ1) is 12.0. The first-order chi connectivity index (χ1) is 7.63. The van der Waals surface area contributed by atoms with Gasteiger partial charge in [0.1, 0.15) is 11.4 Å². The molecule has 0 aromatic heterocycles. The molecular formula is C12H14Cl2O2. The molecule has 0 radical (unpaired) electrons. The lowest BCUT2D eigenvalue weighted by Gasteiger charge is -2.28. The predicted molar refractivity (Wildman–Crippen MR) is 65.4 cm³/mol. The van der Waals surface area contributed by atoms with Crippen molar-refractivity contribution in [2.24, 2.45) is 0 Å². The molecule has 0 aliphatic heterocycles. The summed E-state index contributed by atoms with van der Waals surface area (Å²) in [6.45, 7) is 0.0388. The van der Waals surface area contributed by atoms with E-state index in [0.29, 0.717) is 15.8 Å². The van der Waals surface area contributed by atoms with E-state index in [0.717, 1.165) is 25.7 Å². The highest BCUT2D eigenvalue weighted by Gasteiger charge is 2.35. The zero-order valence-electron chi connectivity index (χ0n) is 8.88. The lowest BCUT2D eigenvalue weighted by atomic mass is 10.0. The van der Waals surface area contributed by atoms with Gasteiger partial charge in [0.05, 0.1) is 6.61 Å². The predicted octanol–water partition coefficient (Wildman–Crippen LogP) is 3.68. The van der Waals surface area contributed by atoms with Crippen molar-refractivity contribution < 1.29 is 9.84 Å². The monoisotopic (exact) mass is 260 g/mol. The normalized spacial score (nSPS) is 18.7. The zero-order chi connectivity index (χ0) is 11.6. The Balaban J connectivity index is 2.18. The number of benzene rings is 1. The van der Waals surface area contributed by atoms with Gasteiger partial charge in [0.25, 0.3) is 0 Å². The fourth-order valence-corrected chi connectivity index (χ4v) is 2.66. The van der Waals surface area contributed by atoms with Crippen LogP contribution < -0.4 is 4.74 Å². The minimum atomic E-state index is -0.436. The van der Waals surface area contributed by atoms with Gasteiger partial charge in [-0.25, -0.2) is 0 Å². The molecule has 0 bridgehead atoms. The summed E-state index contributed by atoms with van der Waals surface area (Å²) in [5, 5.41) is 10.5. The summed E-state index contributed by atoms with van der Waals surface area (Å²) >= 11 is 11.8. The van der Waals surface area contributed by atoms with Crippen LogP contribution in [0, 0.1) is 0 Å². The second kappa shape index (κ2) is 4.82. The second-order valence-corrected chi connectivity index (χ2v) is 5.13. The second-order valence-electron chi connectivity index (χ2n) is 4.26. The molecule has 1 N–H and O–H groups in total. The highest BCUT2D eigenvalue weighted by molar-refractivity contribution is 6.34. The number of hydrogen-bond acceptors (Lipinski definition) is 2. The minimum absolute atomic E-state index is 0.0388. The smallest absolute Gasteiger partial charge is 0.132 e. The van der Waals surface area contributed by atoms with Crippen LogP contribution in [-0.2, 0) is 0 Å². The molecule has 0 unspecified atom stereocenters. The Bertz CT molecular complexity index is 353. The van der Waals surface area contributed by atoms with Crippen molar-refractivity contribution in [3.05, 3.63) is 28.2 Å². The van der Waals surface area contributed by atoms with Gasteiger partial charge in [-0.1, -0.05) is 23.2 Å². The molecule has 2 nitrogen and oxygen atoms in total. The standard InChI is InChI=1S/C12H14Cl2O2/c13-9-5-10(14)7-11(6-9)16-12(8-15)3-1-2-4-12/h5-7,15H,1-4,8H2. The van der Waals surface area contributed by atoms with Crippen molar-refractivity contribution in [1.82, 2.24) is 0 Å². The Morgan fingerprint density at radius 3 is 2.19 bits per heavy atom. The molecule has 1 aromatic rings. The molecule has 1 fully saturated rings. The van der Waals surface area contributed by atoms with E-state index in [1.54, 1.807) is 18.2 Å². The van der Waals surface area contributed by atoms with E-state index < -0.39 is 5.60 Å². The van der Waals surface area contributed by atoms with Gasteiger partial charge in [0, 0.05) is 10.0 Å². The number of aliphatic hydroxyl groups excluding tert-OH is 1. The fraction of sp³-hybridized carbons (Fsp3) is 0.500. The van der Waals surface area contributed by atoms with Crippen LogP contribution >= 0.6 is 23.2 Å². The van der Waals surface area contributed by atoms with E-state index in [2.05, 4.69) is 0 Å². The SMILES string of the molecule is OCC1(Oc2cc(Cl)cc(Cl)c2)CCCC1. The maximum absolute atomic E-state index is 9.43. The van der Waals surface area contributed by atoms with E-state index in [1.807, 2.05) is 0 Å². The molecular weight excluding hydrogens is 247 g/mol. The quantitative estimate of drug-likeness (QED) is 0.899. The van der Waals surface area contributed by atoms with E-state index in [9.17, 15) is 5.11 Å². The fourth-order valence-electron chi connectivity index (χ4n) is 2.15. The molecule has 1 aromatic carbocycles. The van der Waals surface area contributed by atoms with Gasteiger partial charge in [-0.15, -0.1) is 0 Å². The summed E-state index contributed by atoms with van der Waals surface area (Å²) in [5.41, 5.74) is -0.436. The van der Waals surface area contributed by atoms with Gasteiger partial charge in [-0.3, -0.25) is 0 Å². The van der Waals surface area contributed by atoms with Crippen LogP contribution in [0.2, 0.25) is 10.0 Å². The molecule has 88 valence electrons. The summed E-state index contributed by atoms with van der Waals surface area (Å²) in [4.78, 5) is 0. The van der Waals surface area contributed by atoms with E-state index in [4.69, 9.17) is 27.9 Å². The third-order valence-corrected chi connectivity index (χ3v) is 3.41. The van der Waals surface area contributed by atoms with Crippen molar-refractivity contribution in [2.45, 2.75) is 31.3 Å². The third-order valence-electron chi connectivity index (χ3n) is 2.97. The summed E-state index contributed by atoms with van der Waals surface area (Å²) in [6.07, 6.45) is 3.95. The number of ether oxygens (including phenoxy) is 1. The molecule has 0 heterocycles. The van der Waals surface area contributed by atoms with Gasteiger partial charge in [-0.05, 0) is 43.9 Å². The molecule has 0 amide bonds. The van der Waals surface area contributed by atoms with Gasteiger partial charge >= 0.3 is 0 Å². The van der Waals surface area contributed by atoms with Gasteiger partial charge in [0.2, 0.25) is 0 Å². The topological polar surface area (TPSA) is 29.5 Å². The lowest BCUT2D eigenvalue weighted by Crippen LogP contribution is -2.36. The molecule has 4 heteroatoms. The van der Waals surface area contributed by atoms with Gasteiger partial charge in [0.15, 0.2) is 0 Å². The zero-order valence-corrected chi connectivity index (χ0v) is 10.4. The maximum atomic E-state index is 9.43. The van der Waals surface area contributed by atoms with Crippen LogP contribution in [0.4, 0.5) is 0 Å². The Morgan fingerprint density at radius 2 is 1.69 bits per heavy atom. The van der Waals surface area contributed by atoms with E-state index >= 15 is 0 Å². The van der Waals surface area contributed by atoms with Crippen LogP contribution in [0.1, 0.15) is 25.7 Å². The summed E-state index contributed by atoms with van der Waals surface area (Å²) in [5.74, 6) is 0.633. The minimum Gasteiger partial charge on any atom is -0.485 e. The third kappa shape index (κ3) is 2.62. The highest BCUT2D eigenvalue weighted by Crippen LogP contribution is 2.35. The molecule has 16 heavy (non-hydrogen) atoms. The number of hydrogen-bond donors (Lipinski definition) is 1. The first-order valence-electron chi connectivity index (χ1n) is 5.40. The average Bonchev–Trinajstić information content (AvgIpc) is 2.65. The maximum Gasteiger partial charge on any atom is 0.132 e. The Hall–Kier alpha value is -0.440. The van der Waals surface area contributed by atoms with Crippen LogP contribution in [0.15, 0.2) is 18.2 Å². The van der Waals surface area contributed by atoms with Crippen molar-refractivity contribution >= 4 is 23.2 Å². The van der Waals surface area contributed by atoms with Crippen molar-refractivity contribution in [3.8, 4) is 5.75 Å². The van der Waals surface area contributed by atoms with Crippen LogP contribution in [0.25, 0.3) is 0 Å². The first-order valence-corrected chi connectivity index (χ1v) is 6.15. The molecule has 1 aliphatic carbocycles. The van der Waals surface area contributed by atoms with Gasteiger partial charge in [-0.2, -0.15) is 0 Å². The van der Waals surface area contributed by atoms with Crippen molar-refractivity contribution in [3.63, 3.8) is 0 Å². The molecule has 1 saturated carbocycles.